The average molecular weight is 399 g/mol. The molecule has 0 aliphatic heterocycles. The number of carbonyl (C=O) groups excluding carboxylic acids is 3. The summed E-state index contributed by atoms with van der Waals surface area (Å²) in [6, 6.07) is 9.29. The number of amides is 2. The van der Waals surface area contributed by atoms with E-state index in [9.17, 15) is 14.4 Å². The summed E-state index contributed by atoms with van der Waals surface area (Å²) >= 11 is 1.32. The fraction of sp³-hybridized carbons (Fsp3) is 0.300. The molecule has 0 fully saturated rings. The molecule has 0 atom stereocenters. The Morgan fingerprint density at radius 1 is 1.14 bits per heavy atom. The third-order valence-electron chi connectivity index (χ3n) is 4.35. The number of esters is 1. The number of fused-ring (bicyclic) bond motifs is 1. The zero-order valence-electron chi connectivity index (χ0n) is 15.7. The number of rotatable bonds is 5. The van der Waals surface area contributed by atoms with Gasteiger partial charge >= 0.3 is 17.8 Å². The SMILES string of the molecule is CCOC(=O)c1c(NC(=O)C(=O)N/N=C(\C)c2ccccc2)sc2c1CCC2. The van der Waals surface area contributed by atoms with Crippen LogP contribution >= 0.6 is 11.3 Å². The zero-order valence-corrected chi connectivity index (χ0v) is 16.5. The second kappa shape index (κ2) is 8.79. The van der Waals surface area contributed by atoms with Gasteiger partial charge in [0.25, 0.3) is 0 Å². The molecule has 0 saturated heterocycles. The van der Waals surface area contributed by atoms with Gasteiger partial charge in [-0.1, -0.05) is 30.3 Å². The molecular weight excluding hydrogens is 378 g/mol. The summed E-state index contributed by atoms with van der Waals surface area (Å²) in [4.78, 5) is 37.8. The third kappa shape index (κ3) is 4.28. The van der Waals surface area contributed by atoms with Gasteiger partial charge in [0.2, 0.25) is 0 Å². The fourth-order valence-corrected chi connectivity index (χ4v) is 4.27. The molecular formula is C20H21N3O4S. The predicted octanol–water partition coefficient (Wildman–Crippen LogP) is 2.89. The topological polar surface area (TPSA) is 96.9 Å². The molecule has 7 nitrogen and oxygen atoms in total. The van der Waals surface area contributed by atoms with Gasteiger partial charge in [0, 0.05) is 4.88 Å². The molecule has 3 rings (SSSR count). The predicted molar refractivity (Wildman–Crippen MR) is 108 cm³/mol. The minimum absolute atomic E-state index is 0.241. The Hall–Kier alpha value is -3.00. The molecule has 1 aromatic heterocycles. The number of nitrogens with one attached hydrogen (secondary N) is 2. The van der Waals surface area contributed by atoms with Crippen LogP contribution in [0.25, 0.3) is 0 Å². The van der Waals surface area contributed by atoms with Gasteiger partial charge < -0.3 is 10.1 Å². The molecule has 1 aromatic carbocycles. The van der Waals surface area contributed by atoms with Crippen LogP contribution in [0.5, 0.6) is 0 Å². The highest BCUT2D eigenvalue weighted by Gasteiger charge is 2.29. The van der Waals surface area contributed by atoms with Crippen LogP contribution in [0.3, 0.4) is 0 Å². The summed E-state index contributed by atoms with van der Waals surface area (Å²) < 4.78 is 5.12. The Labute approximate surface area is 166 Å². The van der Waals surface area contributed by atoms with Crippen molar-refractivity contribution in [2.75, 3.05) is 11.9 Å². The van der Waals surface area contributed by atoms with Crippen molar-refractivity contribution in [2.24, 2.45) is 5.10 Å². The van der Waals surface area contributed by atoms with E-state index in [1.807, 2.05) is 30.3 Å². The van der Waals surface area contributed by atoms with Gasteiger partial charge in [-0.2, -0.15) is 5.10 Å². The second-order valence-electron chi connectivity index (χ2n) is 6.24. The number of benzene rings is 1. The molecule has 2 aromatic rings. The summed E-state index contributed by atoms with van der Waals surface area (Å²) in [5.74, 6) is -2.26. The lowest BCUT2D eigenvalue weighted by Gasteiger charge is -2.07. The number of hydrogen-bond donors (Lipinski definition) is 2. The van der Waals surface area contributed by atoms with E-state index >= 15 is 0 Å². The first-order valence-corrected chi connectivity index (χ1v) is 9.85. The highest BCUT2D eigenvalue weighted by molar-refractivity contribution is 7.17. The minimum atomic E-state index is -0.904. The molecule has 1 heterocycles. The molecule has 146 valence electrons. The molecule has 28 heavy (non-hydrogen) atoms. The van der Waals surface area contributed by atoms with E-state index in [-0.39, 0.29) is 6.61 Å². The number of aryl methyl sites for hydroxylation is 1. The van der Waals surface area contributed by atoms with Gasteiger partial charge in [-0.05, 0) is 44.2 Å². The summed E-state index contributed by atoms with van der Waals surface area (Å²) in [6.45, 7) is 3.70. The third-order valence-corrected chi connectivity index (χ3v) is 5.56. The van der Waals surface area contributed by atoms with Gasteiger partial charge in [0.15, 0.2) is 0 Å². The van der Waals surface area contributed by atoms with Gasteiger partial charge in [-0.15, -0.1) is 11.3 Å². The summed E-state index contributed by atoms with van der Waals surface area (Å²) in [6.07, 6.45) is 2.59. The lowest BCUT2D eigenvalue weighted by molar-refractivity contribution is -0.136. The molecule has 0 spiro atoms. The first-order valence-electron chi connectivity index (χ1n) is 9.04. The summed E-state index contributed by atoms with van der Waals surface area (Å²) in [5, 5.41) is 6.86. The lowest BCUT2D eigenvalue weighted by Crippen LogP contribution is -2.33. The molecule has 1 aliphatic carbocycles. The van der Waals surface area contributed by atoms with E-state index in [1.165, 1.54) is 11.3 Å². The number of hydrazone groups is 1. The first kappa shape index (κ1) is 19.8. The molecule has 0 unspecified atom stereocenters. The van der Waals surface area contributed by atoms with Gasteiger partial charge in [0.1, 0.15) is 5.00 Å². The van der Waals surface area contributed by atoms with Crippen LogP contribution < -0.4 is 10.7 Å². The van der Waals surface area contributed by atoms with E-state index in [2.05, 4.69) is 15.8 Å². The van der Waals surface area contributed by atoms with Crippen molar-refractivity contribution in [1.29, 1.82) is 0 Å². The smallest absolute Gasteiger partial charge is 0.341 e. The Bertz CT molecular complexity index is 934. The molecule has 1 aliphatic rings. The Kier molecular flexibility index (Phi) is 6.20. The summed E-state index contributed by atoms with van der Waals surface area (Å²) in [7, 11) is 0. The van der Waals surface area contributed by atoms with Crippen molar-refractivity contribution in [3.8, 4) is 0 Å². The van der Waals surface area contributed by atoms with E-state index < -0.39 is 17.8 Å². The maximum absolute atomic E-state index is 12.3. The first-order chi connectivity index (χ1) is 13.5. The number of anilines is 1. The minimum Gasteiger partial charge on any atom is -0.462 e. The number of ether oxygens (including phenoxy) is 1. The molecule has 0 radical (unpaired) electrons. The molecule has 8 heteroatoms. The number of carbonyl (C=O) groups is 3. The van der Waals surface area contributed by atoms with Gasteiger partial charge in [-0.25, -0.2) is 10.2 Å². The monoisotopic (exact) mass is 399 g/mol. The van der Waals surface area contributed by atoms with Crippen LogP contribution in [0.1, 0.15) is 46.6 Å². The van der Waals surface area contributed by atoms with E-state index in [1.54, 1.807) is 13.8 Å². The van der Waals surface area contributed by atoms with E-state index in [0.29, 0.717) is 16.3 Å². The second-order valence-corrected chi connectivity index (χ2v) is 7.35. The van der Waals surface area contributed by atoms with E-state index in [0.717, 1.165) is 35.3 Å². The van der Waals surface area contributed by atoms with Crippen LogP contribution in [0.15, 0.2) is 35.4 Å². The Balaban J connectivity index is 1.71. The molecule has 2 amide bonds. The quantitative estimate of drug-likeness (QED) is 0.350. The standard InChI is InChI=1S/C20H21N3O4S/c1-3-27-20(26)16-14-10-7-11-15(14)28-19(16)21-17(24)18(25)23-22-12(2)13-8-5-4-6-9-13/h4-6,8-9H,3,7,10-11H2,1-2H3,(H,21,24)(H,23,25)/b22-12+. The van der Waals surface area contributed by atoms with Crippen molar-refractivity contribution in [1.82, 2.24) is 5.43 Å². The normalized spacial score (nSPS) is 13.0. The number of nitrogens with zero attached hydrogens (tertiary/aromatic N) is 1. The molecule has 0 saturated carbocycles. The van der Waals surface area contributed by atoms with Crippen molar-refractivity contribution in [2.45, 2.75) is 33.1 Å². The summed E-state index contributed by atoms with van der Waals surface area (Å²) in [5.41, 5.74) is 4.94. The molecule has 0 bridgehead atoms. The average Bonchev–Trinajstić information content (AvgIpc) is 3.27. The zero-order chi connectivity index (χ0) is 20.1. The van der Waals surface area contributed by atoms with Crippen molar-refractivity contribution in [3.63, 3.8) is 0 Å². The Morgan fingerprint density at radius 2 is 1.89 bits per heavy atom. The van der Waals surface area contributed by atoms with Crippen molar-refractivity contribution < 1.29 is 19.1 Å². The van der Waals surface area contributed by atoms with Gasteiger partial charge in [0.05, 0.1) is 17.9 Å². The van der Waals surface area contributed by atoms with E-state index in [4.69, 9.17) is 4.74 Å². The fourth-order valence-electron chi connectivity index (χ4n) is 3.00. The number of thiophene rings is 1. The van der Waals surface area contributed by atoms with Crippen molar-refractivity contribution in [3.05, 3.63) is 51.9 Å². The number of hydrogen-bond acceptors (Lipinski definition) is 6. The lowest BCUT2D eigenvalue weighted by atomic mass is 10.1. The maximum Gasteiger partial charge on any atom is 0.341 e. The highest BCUT2D eigenvalue weighted by atomic mass is 32.1. The van der Waals surface area contributed by atoms with Crippen LogP contribution in [0.4, 0.5) is 5.00 Å². The van der Waals surface area contributed by atoms with Crippen LogP contribution in [-0.4, -0.2) is 30.1 Å². The highest BCUT2D eigenvalue weighted by Crippen LogP contribution is 2.39. The molecule has 2 N–H and O–H groups in total. The Morgan fingerprint density at radius 3 is 2.61 bits per heavy atom. The van der Waals surface area contributed by atoms with Crippen LogP contribution in [0.2, 0.25) is 0 Å². The maximum atomic E-state index is 12.3. The van der Waals surface area contributed by atoms with Crippen molar-refractivity contribution >= 4 is 39.8 Å². The largest absolute Gasteiger partial charge is 0.462 e. The van der Waals surface area contributed by atoms with Crippen LogP contribution in [0, 0.1) is 0 Å². The van der Waals surface area contributed by atoms with Crippen LogP contribution in [-0.2, 0) is 27.2 Å². The van der Waals surface area contributed by atoms with Gasteiger partial charge in [-0.3, -0.25) is 9.59 Å².